The molecule has 1 aliphatic heterocycles. The molecule has 0 spiro atoms. The molecule has 9 heteroatoms. The highest BCUT2D eigenvalue weighted by molar-refractivity contribution is 5.93. The van der Waals surface area contributed by atoms with Crippen LogP contribution in [0.4, 0.5) is 15.9 Å². The van der Waals surface area contributed by atoms with E-state index in [9.17, 15) is 4.39 Å². The standard InChI is InChI=1S/C24H26FN5O3/c1-5-6-15(2)30(3)33-16-7-8-20(19(25)9-16)29-24-18-10-23(32-17-12-26-13-17)22(31-4)11-21(18)27-14-28-24/h5-11,14,17,26H,1,12-13H2,2-4H3,(H,27,28,29)/b15-6-. The van der Waals surface area contributed by atoms with Crippen LogP contribution in [0, 0.1) is 5.82 Å². The molecule has 0 unspecified atom stereocenters. The highest BCUT2D eigenvalue weighted by Gasteiger charge is 2.21. The van der Waals surface area contributed by atoms with Gasteiger partial charge in [0.25, 0.3) is 0 Å². The Morgan fingerprint density at radius 2 is 2.06 bits per heavy atom. The third-order valence-electron chi connectivity index (χ3n) is 5.25. The molecule has 0 aliphatic carbocycles. The average molecular weight is 452 g/mol. The number of aromatic nitrogens is 2. The fraction of sp³-hybridized carbons (Fsp3) is 0.250. The number of hydroxylamine groups is 2. The van der Waals surface area contributed by atoms with E-state index in [0.29, 0.717) is 34.0 Å². The zero-order chi connectivity index (χ0) is 23.4. The Balaban J connectivity index is 1.59. The van der Waals surface area contributed by atoms with E-state index in [-0.39, 0.29) is 11.8 Å². The van der Waals surface area contributed by atoms with Gasteiger partial charge in [0, 0.05) is 43.4 Å². The maximum atomic E-state index is 14.9. The quantitative estimate of drug-likeness (QED) is 0.370. The van der Waals surface area contributed by atoms with Crippen LogP contribution < -0.4 is 24.9 Å². The van der Waals surface area contributed by atoms with Gasteiger partial charge in [0.15, 0.2) is 17.2 Å². The molecule has 2 N–H and O–H groups in total. The summed E-state index contributed by atoms with van der Waals surface area (Å²) in [7, 11) is 3.32. The highest BCUT2D eigenvalue weighted by atomic mass is 19.1. The number of halogens is 1. The first-order chi connectivity index (χ1) is 16.0. The number of ether oxygens (including phenoxy) is 2. The SMILES string of the molecule is C=C/C=C(/C)N(C)Oc1ccc(Nc2ncnc3cc(OC)c(OC4CNC4)cc23)c(F)c1. The van der Waals surface area contributed by atoms with E-state index >= 15 is 0 Å². The molecular formula is C24H26FN5O3. The van der Waals surface area contributed by atoms with Crippen molar-refractivity contribution in [1.82, 2.24) is 20.3 Å². The van der Waals surface area contributed by atoms with Crippen molar-refractivity contribution >= 4 is 22.4 Å². The number of hydrogen-bond acceptors (Lipinski definition) is 8. The Hall–Kier alpha value is -3.85. The fourth-order valence-corrected chi connectivity index (χ4v) is 3.23. The molecule has 8 nitrogen and oxygen atoms in total. The summed E-state index contributed by atoms with van der Waals surface area (Å²) in [5, 5.41) is 8.45. The van der Waals surface area contributed by atoms with Crippen molar-refractivity contribution in [2.24, 2.45) is 0 Å². The Morgan fingerprint density at radius 1 is 1.24 bits per heavy atom. The Bertz CT molecular complexity index is 1200. The lowest BCUT2D eigenvalue weighted by molar-refractivity contribution is 0.00588. The number of hydrogen-bond donors (Lipinski definition) is 2. The van der Waals surface area contributed by atoms with Gasteiger partial charge < -0.3 is 24.9 Å². The molecule has 1 aromatic heterocycles. The van der Waals surface area contributed by atoms with Crippen LogP contribution >= 0.6 is 0 Å². The molecule has 3 aromatic rings. The molecule has 33 heavy (non-hydrogen) atoms. The van der Waals surface area contributed by atoms with Crippen molar-refractivity contribution in [3.05, 3.63) is 66.9 Å². The summed E-state index contributed by atoms with van der Waals surface area (Å²) in [6.07, 6.45) is 4.94. The molecular weight excluding hydrogens is 425 g/mol. The van der Waals surface area contributed by atoms with E-state index in [1.807, 2.05) is 13.0 Å². The second kappa shape index (κ2) is 9.74. The van der Waals surface area contributed by atoms with Crippen LogP contribution in [0.5, 0.6) is 17.2 Å². The molecule has 4 rings (SSSR count). The predicted octanol–water partition coefficient (Wildman–Crippen LogP) is 4.19. The van der Waals surface area contributed by atoms with Gasteiger partial charge in [0.05, 0.1) is 18.3 Å². The van der Waals surface area contributed by atoms with E-state index in [4.69, 9.17) is 14.3 Å². The molecule has 1 fully saturated rings. The second-order valence-electron chi connectivity index (χ2n) is 7.54. The van der Waals surface area contributed by atoms with E-state index in [2.05, 4.69) is 27.2 Å². The minimum Gasteiger partial charge on any atom is -0.493 e. The lowest BCUT2D eigenvalue weighted by atomic mass is 10.2. The summed E-state index contributed by atoms with van der Waals surface area (Å²) < 4.78 is 26.4. The zero-order valence-electron chi connectivity index (χ0n) is 18.8. The first-order valence-electron chi connectivity index (χ1n) is 10.5. The van der Waals surface area contributed by atoms with Crippen LogP contribution in [0.25, 0.3) is 10.9 Å². The minimum atomic E-state index is -0.483. The number of nitrogens with one attached hydrogen (secondary N) is 2. The van der Waals surface area contributed by atoms with Gasteiger partial charge >= 0.3 is 0 Å². The predicted molar refractivity (Wildman–Crippen MR) is 125 cm³/mol. The molecule has 0 radical (unpaired) electrons. The minimum absolute atomic E-state index is 0.0745. The number of anilines is 2. The van der Waals surface area contributed by atoms with E-state index < -0.39 is 5.82 Å². The van der Waals surface area contributed by atoms with Crippen LogP contribution in [0.15, 0.2) is 61.1 Å². The third kappa shape index (κ3) is 4.98. The van der Waals surface area contributed by atoms with Crippen LogP contribution in [0.3, 0.4) is 0 Å². The number of allylic oxidation sites excluding steroid dienone is 3. The maximum absolute atomic E-state index is 14.9. The molecule has 1 saturated heterocycles. The van der Waals surface area contributed by atoms with Crippen molar-refractivity contribution in [1.29, 1.82) is 0 Å². The summed E-state index contributed by atoms with van der Waals surface area (Å²) >= 11 is 0. The van der Waals surface area contributed by atoms with Gasteiger partial charge in [-0.25, -0.2) is 19.4 Å². The number of rotatable bonds is 9. The lowest BCUT2D eigenvalue weighted by Gasteiger charge is -2.28. The number of benzene rings is 2. The lowest BCUT2D eigenvalue weighted by Crippen LogP contribution is -2.50. The van der Waals surface area contributed by atoms with Gasteiger partial charge in [0.1, 0.15) is 24.1 Å². The van der Waals surface area contributed by atoms with Crippen molar-refractivity contribution in [2.45, 2.75) is 13.0 Å². The molecule has 172 valence electrons. The van der Waals surface area contributed by atoms with Gasteiger partial charge in [-0.3, -0.25) is 0 Å². The number of nitrogens with zero attached hydrogens (tertiary/aromatic N) is 3. The number of fused-ring (bicyclic) bond motifs is 1. The van der Waals surface area contributed by atoms with Gasteiger partial charge in [-0.1, -0.05) is 12.7 Å². The monoisotopic (exact) mass is 451 g/mol. The molecule has 0 atom stereocenters. The molecule has 2 aromatic carbocycles. The van der Waals surface area contributed by atoms with Crippen molar-refractivity contribution in [2.75, 3.05) is 32.6 Å². The third-order valence-corrected chi connectivity index (χ3v) is 5.25. The normalized spacial score (nSPS) is 13.9. The molecule has 0 saturated carbocycles. The average Bonchev–Trinajstić information content (AvgIpc) is 2.77. The van der Waals surface area contributed by atoms with E-state index in [1.165, 1.54) is 17.5 Å². The molecule has 1 aliphatic rings. The topological polar surface area (TPSA) is 80.8 Å². The van der Waals surface area contributed by atoms with Gasteiger partial charge in [-0.05, 0) is 31.2 Å². The van der Waals surface area contributed by atoms with Crippen molar-refractivity contribution in [3.8, 4) is 17.2 Å². The summed E-state index contributed by atoms with van der Waals surface area (Å²) in [4.78, 5) is 14.3. The first-order valence-corrected chi connectivity index (χ1v) is 10.5. The summed E-state index contributed by atoms with van der Waals surface area (Å²) in [5.74, 6) is 1.50. The highest BCUT2D eigenvalue weighted by Crippen LogP contribution is 2.36. The Labute approximate surface area is 191 Å². The summed E-state index contributed by atoms with van der Waals surface area (Å²) in [6, 6.07) is 8.18. The van der Waals surface area contributed by atoms with Crippen LogP contribution in [-0.4, -0.2) is 48.4 Å². The first kappa shape index (κ1) is 22.3. The molecule has 2 heterocycles. The van der Waals surface area contributed by atoms with Crippen molar-refractivity contribution < 1.29 is 18.7 Å². The van der Waals surface area contributed by atoms with Crippen LogP contribution in [0.1, 0.15) is 6.92 Å². The van der Waals surface area contributed by atoms with E-state index in [0.717, 1.165) is 18.8 Å². The number of methoxy groups -OCH3 is 1. The smallest absolute Gasteiger partial charge is 0.162 e. The molecule has 0 amide bonds. The van der Waals surface area contributed by atoms with Gasteiger partial charge in [0.2, 0.25) is 0 Å². The fourth-order valence-electron chi connectivity index (χ4n) is 3.23. The van der Waals surface area contributed by atoms with Crippen molar-refractivity contribution in [3.63, 3.8) is 0 Å². The van der Waals surface area contributed by atoms with Gasteiger partial charge in [-0.2, -0.15) is 0 Å². The summed E-state index contributed by atoms with van der Waals surface area (Å²) in [6.45, 7) is 7.07. The van der Waals surface area contributed by atoms with Gasteiger partial charge in [-0.15, -0.1) is 0 Å². The molecule has 0 bridgehead atoms. The Morgan fingerprint density at radius 3 is 2.73 bits per heavy atom. The summed E-state index contributed by atoms with van der Waals surface area (Å²) in [5.41, 5.74) is 1.73. The van der Waals surface area contributed by atoms with Crippen LogP contribution in [-0.2, 0) is 0 Å². The van der Waals surface area contributed by atoms with Crippen LogP contribution in [0.2, 0.25) is 0 Å². The van der Waals surface area contributed by atoms with E-state index in [1.54, 1.807) is 44.5 Å². The second-order valence-corrected chi connectivity index (χ2v) is 7.54. The Kier molecular flexibility index (Phi) is 6.60. The largest absolute Gasteiger partial charge is 0.493 e. The maximum Gasteiger partial charge on any atom is 0.162 e. The zero-order valence-corrected chi connectivity index (χ0v) is 18.8.